The van der Waals surface area contributed by atoms with Crippen LogP contribution in [0.3, 0.4) is 0 Å². The Bertz CT molecular complexity index is 1450. The maximum atomic E-state index is 9.21. The van der Waals surface area contributed by atoms with Crippen LogP contribution < -0.4 is 4.65 Å². The third-order valence-electron chi connectivity index (χ3n) is 6.30. The zero-order valence-electron chi connectivity index (χ0n) is 16.2. The van der Waals surface area contributed by atoms with Crippen LogP contribution in [-0.4, -0.2) is 12.7 Å². The molecule has 4 heteroatoms. The minimum absolute atomic E-state index is 0.128. The summed E-state index contributed by atoms with van der Waals surface area (Å²) in [5.41, 5.74) is 6.72. The average molecular weight is 377 g/mol. The summed E-state index contributed by atoms with van der Waals surface area (Å²) in [6.07, 6.45) is 0. The Hall–Kier alpha value is -3.24. The van der Waals surface area contributed by atoms with Crippen LogP contribution in [-0.2, 0) is 5.41 Å². The van der Waals surface area contributed by atoms with Gasteiger partial charge in [-0.3, -0.25) is 0 Å². The van der Waals surface area contributed by atoms with Crippen molar-refractivity contribution in [3.63, 3.8) is 0 Å². The van der Waals surface area contributed by atoms with Gasteiger partial charge in [-0.1, -0.05) is 68.4 Å². The van der Waals surface area contributed by atoms with Gasteiger partial charge in [0.05, 0.1) is 0 Å². The van der Waals surface area contributed by atoms with Crippen molar-refractivity contribution < 1.29 is 14.1 Å². The number of rotatable bonds is 2. The molecule has 0 bridgehead atoms. The van der Waals surface area contributed by atoms with Crippen LogP contribution in [0.1, 0.15) is 25.0 Å². The summed E-state index contributed by atoms with van der Waals surface area (Å²) in [5, 5.41) is 13.5. The maximum absolute atomic E-state index is 9.21. The molecule has 4 aromatic carbocycles. The van der Waals surface area contributed by atoms with Gasteiger partial charge in [0.2, 0.25) is 0 Å². The van der Waals surface area contributed by atoms with Crippen molar-refractivity contribution in [3.8, 4) is 16.9 Å². The predicted octanol–water partition coefficient (Wildman–Crippen LogP) is 5.95. The van der Waals surface area contributed by atoms with Gasteiger partial charge in [0.15, 0.2) is 0 Å². The number of benzene rings is 4. The smallest absolute Gasteiger partial charge is 0.537 e. The lowest BCUT2D eigenvalue weighted by Gasteiger charge is -2.22. The Labute approximate surface area is 168 Å². The number of fused-ring (bicyclic) bond motifs is 9. The Kier molecular flexibility index (Phi) is 3.25. The lowest BCUT2D eigenvalue weighted by atomic mass is 9.80. The van der Waals surface area contributed by atoms with Crippen molar-refractivity contribution in [2.24, 2.45) is 0 Å². The van der Waals surface area contributed by atoms with E-state index >= 15 is 0 Å². The highest BCUT2D eigenvalue weighted by molar-refractivity contribution is 6.24. The first-order chi connectivity index (χ1) is 14.1. The highest BCUT2D eigenvalue weighted by Gasteiger charge is 2.38. The molecule has 0 unspecified atom stereocenters. The van der Waals surface area contributed by atoms with Crippen LogP contribution in [0, 0.1) is 0 Å². The van der Waals surface area contributed by atoms with Crippen LogP contribution in [0.2, 0.25) is 0 Å². The fourth-order valence-electron chi connectivity index (χ4n) is 5.12. The molecule has 1 radical (unpaired) electrons. The quantitative estimate of drug-likeness (QED) is 0.387. The van der Waals surface area contributed by atoms with E-state index in [0.717, 1.165) is 32.7 Å². The highest BCUT2D eigenvalue weighted by atomic mass is 16.5. The summed E-state index contributed by atoms with van der Waals surface area (Å²) in [5.74, 6) is 0.578. The molecule has 1 aromatic heterocycles. The van der Waals surface area contributed by atoms with Crippen LogP contribution in [0.5, 0.6) is 5.75 Å². The standard InChI is InChI=1S/C25H18BO3/c1-25(2)18-10-6-5-7-14(18)17-11-12-19-23(24(17)25)22-16-9-4-3-8-15(16)20(29-26-27)13-21(22)28-19/h3-13,27H,1-2H3. The molecule has 0 saturated heterocycles. The van der Waals surface area contributed by atoms with Crippen molar-refractivity contribution in [2.45, 2.75) is 19.3 Å². The molecule has 1 heterocycles. The molecule has 0 fully saturated rings. The second kappa shape index (κ2) is 5.65. The highest BCUT2D eigenvalue weighted by Crippen LogP contribution is 2.53. The lowest BCUT2D eigenvalue weighted by Crippen LogP contribution is -2.15. The fraction of sp³-hybridized carbons (Fsp3) is 0.120. The maximum Gasteiger partial charge on any atom is 0.569 e. The topological polar surface area (TPSA) is 42.6 Å². The van der Waals surface area contributed by atoms with Crippen molar-refractivity contribution in [1.82, 2.24) is 0 Å². The zero-order valence-corrected chi connectivity index (χ0v) is 16.2. The first-order valence-electron chi connectivity index (χ1n) is 9.75. The zero-order chi connectivity index (χ0) is 19.8. The van der Waals surface area contributed by atoms with Gasteiger partial charge < -0.3 is 14.1 Å². The van der Waals surface area contributed by atoms with Crippen LogP contribution in [0.15, 0.2) is 71.1 Å². The second-order valence-corrected chi connectivity index (χ2v) is 8.15. The van der Waals surface area contributed by atoms with Crippen molar-refractivity contribution in [3.05, 3.63) is 77.9 Å². The van der Waals surface area contributed by atoms with Crippen molar-refractivity contribution in [2.75, 3.05) is 0 Å². The van der Waals surface area contributed by atoms with Gasteiger partial charge in [-0.2, -0.15) is 0 Å². The molecular formula is C25H18BO3. The van der Waals surface area contributed by atoms with Gasteiger partial charge in [-0.25, -0.2) is 0 Å². The van der Waals surface area contributed by atoms with Crippen molar-refractivity contribution >= 4 is 40.4 Å². The molecule has 1 aliphatic rings. The summed E-state index contributed by atoms with van der Waals surface area (Å²) >= 11 is 0. The molecule has 0 spiro atoms. The minimum atomic E-state index is -0.128. The van der Waals surface area contributed by atoms with Gasteiger partial charge in [-0.15, -0.1) is 0 Å². The Balaban J connectivity index is 1.83. The fourth-order valence-corrected chi connectivity index (χ4v) is 5.12. The van der Waals surface area contributed by atoms with Crippen LogP contribution >= 0.6 is 0 Å². The van der Waals surface area contributed by atoms with E-state index in [1.54, 1.807) is 0 Å². The minimum Gasteiger partial charge on any atom is -0.537 e. The monoisotopic (exact) mass is 377 g/mol. The molecular weight excluding hydrogens is 359 g/mol. The molecule has 29 heavy (non-hydrogen) atoms. The van der Waals surface area contributed by atoms with Gasteiger partial charge in [0, 0.05) is 27.6 Å². The van der Waals surface area contributed by atoms with E-state index in [0.29, 0.717) is 13.4 Å². The molecule has 6 rings (SSSR count). The summed E-state index contributed by atoms with van der Waals surface area (Å²) in [4.78, 5) is 0. The number of hydrogen-bond donors (Lipinski definition) is 1. The first-order valence-corrected chi connectivity index (χ1v) is 9.75. The Morgan fingerprint density at radius 2 is 1.59 bits per heavy atom. The van der Waals surface area contributed by atoms with E-state index < -0.39 is 0 Å². The van der Waals surface area contributed by atoms with Crippen LogP contribution in [0.25, 0.3) is 43.8 Å². The van der Waals surface area contributed by atoms with E-state index in [4.69, 9.17) is 9.07 Å². The average Bonchev–Trinajstić information content (AvgIpc) is 3.21. The molecule has 5 aromatic rings. The molecule has 0 saturated carbocycles. The normalized spacial score (nSPS) is 14.3. The lowest BCUT2D eigenvalue weighted by molar-refractivity contribution is 0.456. The van der Waals surface area contributed by atoms with Gasteiger partial charge in [0.1, 0.15) is 16.9 Å². The van der Waals surface area contributed by atoms with Gasteiger partial charge in [0.25, 0.3) is 0 Å². The Morgan fingerprint density at radius 3 is 2.41 bits per heavy atom. The largest absolute Gasteiger partial charge is 0.569 e. The molecule has 0 atom stereocenters. The second-order valence-electron chi connectivity index (χ2n) is 8.15. The van der Waals surface area contributed by atoms with E-state index in [2.05, 4.69) is 56.3 Å². The predicted molar refractivity (Wildman–Crippen MR) is 117 cm³/mol. The van der Waals surface area contributed by atoms with E-state index in [1.807, 2.05) is 24.3 Å². The van der Waals surface area contributed by atoms with Gasteiger partial charge in [-0.05, 0) is 33.7 Å². The molecule has 1 N–H and O–H groups in total. The van der Waals surface area contributed by atoms with Crippen molar-refractivity contribution in [1.29, 1.82) is 0 Å². The van der Waals surface area contributed by atoms with Gasteiger partial charge >= 0.3 is 7.69 Å². The summed E-state index contributed by atoms with van der Waals surface area (Å²) in [6.45, 7) is 4.58. The SMILES string of the molecule is CC1(C)c2ccccc2-c2ccc3oc4cc(O[B]O)c5ccccc5c4c3c21. The molecule has 0 aliphatic heterocycles. The van der Waals surface area contributed by atoms with E-state index in [-0.39, 0.29) is 5.41 Å². The first kappa shape index (κ1) is 16.7. The number of furan rings is 1. The summed E-state index contributed by atoms with van der Waals surface area (Å²) in [6, 6.07) is 22.9. The molecule has 1 aliphatic carbocycles. The van der Waals surface area contributed by atoms with E-state index in [1.165, 1.54) is 22.3 Å². The van der Waals surface area contributed by atoms with Crippen LogP contribution in [0.4, 0.5) is 0 Å². The molecule has 139 valence electrons. The number of hydrogen-bond acceptors (Lipinski definition) is 3. The molecule has 0 amide bonds. The Morgan fingerprint density at radius 1 is 0.828 bits per heavy atom. The van der Waals surface area contributed by atoms with E-state index in [9.17, 15) is 5.02 Å². The third kappa shape index (κ3) is 2.07. The third-order valence-corrected chi connectivity index (χ3v) is 6.30. The summed E-state index contributed by atoms with van der Waals surface area (Å²) < 4.78 is 11.7. The summed E-state index contributed by atoms with van der Waals surface area (Å²) in [7, 11) is 0.716. The molecule has 3 nitrogen and oxygen atoms in total.